The quantitative estimate of drug-likeness (QED) is 0.0417. The summed E-state index contributed by atoms with van der Waals surface area (Å²) in [7, 11) is 1.28. The average molecular weight is 910 g/mol. The van der Waals surface area contributed by atoms with Crippen LogP contribution in [-0.4, -0.2) is 60.8 Å². The first-order valence-corrected chi connectivity index (χ1v) is 24.4. The van der Waals surface area contributed by atoms with Gasteiger partial charge in [0, 0.05) is 17.5 Å². The monoisotopic (exact) mass is 909 g/mol. The number of rotatable bonds is 22. The van der Waals surface area contributed by atoms with Crippen molar-refractivity contribution in [2.24, 2.45) is 41.4 Å². The van der Waals surface area contributed by atoms with Crippen molar-refractivity contribution in [1.29, 1.82) is 0 Å². The summed E-state index contributed by atoms with van der Waals surface area (Å²) < 4.78 is 11.1. The Bertz CT molecular complexity index is 2440. The van der Waals surface area contributed by atoms with Crippen LogP contribution in [0.2, 0.25) is 0 Å². The number of aromatic nitrogens is 3. The van der Waals surface area contributed by atoms with Crippen LogP contribution in [0.15, 0.2) is 18.0 Å². The van der Waals surface area contributed by atoms with E-state index >= 15 is 0 Å². The van der Waals surface area contributed by atoms with E-state index in [9.17, 15) is 19.2 Å². The van der Waals surface area contributed by atoms with Crippen LogP contribution in [0.25, 0.3) is 35.2 Å². The first kappa shape index (κ1) is 52.6. The first-order valence-electron chi connectivity index (χ1n) is 24.4. The molecule has 6 atom stereocenters. The average Bonchev–Trinajstić information content (AvgIpc) is 4.02. The summed E-state index contributed by atoms with van der Waals surface area (Å²) in [6.45, 7) is 23.9. The molecule has 8 bridgehead atoms. The second-order valence-electron chi connectivity index (χ2n) is 19.8. The topological polar surface area (TPSA) is 143 Å². The van der Waals surface area contributed by atoms with Crippen molar-refractivity contribution < 1.29 is 28.7 Å². The van der Waals surface area contributed by atoms with Crippen LogP contribution in [0, 0.1) is 55.3 Å². The van der Waals surface area contributed by atoms with Crippen LogP contribution in [0.3, 0.4) is 0 Å². The number of esters is 2. The molecule has 6 rings (SSSR count). The third kappa shape index (κ3) is 11.7. The van der Waals surface area contributed by atoms with E-state index in [1.807, 2.05) is 39.0 Å². The molecule has 0 radical (unpaired) electrons. The van der Waals surface area contributed by atoms with Gasteiger partial charge in [0.25, 0.3) is 0 Å². The number of hydrogen-bond acceptors (Lipinski definition) is 6. The number of carbonyl (C=O) groups is 4. The van der Waals surface area contributed by atoms with Crippen LogP contribution < -0.4 is 25.7 Å². The fourth-order valence-electron chi connectivity index (χ4n) is 10.3. The SMILES string of the molecule is C=Cc1c2[n-]c(c1C)/C=C1\[N-]/C(=C3\c4[n-]c(c(C)c4C(=O)[C@@H]3C(=O)OC)/C=c3\[n-]/c(c(C=O)c3CC)=C\2)[C@@H](CCC(=O)OCCC(C)CCC[C@H](C)CCC[C@H](C)CCCC(C)C)[C@@H]1C.[Mg+2]. The molecule has 1 fully saturated rings. The summed E-state index contributed by atoms with van der Waals surface area (Å²) >= 11 is 0. The Morgan fingerprint density at radius 2 is 1.41 bits per heavy atom. The molecular formula is C55H72MgN4O6-2. The van der Waals surface area contributed by atoms with Gasteiger partial charge in [0.15, 0.2) is 5.78 Å². The predicted molar refractivity (Wildman–Crippen MR) is 265 cm³/mol. The smallest absolute Gasteiger partial charge is 0.664 e. The van der Waals surface area contributed by atoms with Crippen LogP contribution >= 0.6 is 0 Å². The molecule has 0 aromatic carbocycles. The number of methoxy groups -OCH3 is 1. The molecule has 0 amide bonds. The minimum atomic E-state index is -1.26. The van der Waals surface area contributed by atoms with Gasteiger partial charge in [-0.25, -0.2) is 0 Å². The molecule has 10 nitrogen and oxygen atoms in total. The number of ether oxygens (including phenoxy) is 2. The van der Waals surface area contributed by atoms with Crippen molar-refractivity contribution in [2.45, 2.75) is 146 Å². The first-order chi connectivity index (χ1) is 31.1. The molecule has 2 aliphatic heterocycles. The third-order valence-electron chi connectivity index (χ3n) is 14.4. The molecule has 1 unspecified atom stereocenters. The van der Waals surface area contributed by atoms with E-state index in [0.29, 0.717) is 92.5 Å². The third-order valence-corrected chi connectivity index (χ3v) is 14.4. The molecule has 1 saturated heterocycles. The Hall–Kier alpha value is -4.35. The minimum absolute atomic E-state index is 0. The normalized spacial score (nSPS) is 21.7. The molecule has 3 aromatic heterocycles. The summed E-state index contributed by atoms with van der Waals surface area (Å²) in [5.74, 6) is -0.395. The van der Waals surface area contributed by atoms with E-state index < -0.39 is 17.7 Å². The van der Waals surface area contributed by atoms with Gasteiger partial charge < -0.3 is 29.7 Å². The van der Waals surface area contributed by atoms with E-state index in [1.165, 1.54) is 58.5 Å². The van der Waals surface area contributed by atoms with Crippen molar-refractivity contribution in [3.63, 3.8) is 0 Å². The van der Waals surface area contributed by atoms with E-state index in [4.69, 9.17) is 29.7 Å². The number of aldehydes is 1. The van der Waals surface area contributed by atoms with Crippen LogP contribution in [0.5, 0.6) is 0 Å². The molecule has 66 heavy (non-hydrogen) atoms. The Kier molecular flexibility index (Phi) is 18.8. The molecule has 1 aliphatic carbocycles. The predicted octanol–water partition coefficient (Wildman–Crippen LogP) is 9.95. The number of ketones is 1. The maximum absolute atomic E-state index is 14.4. The molecule has 11 heteroatoms. The molecule has 352 valence electrons. The molecule has 0 spiro atoms. The zero-order valence-corrected chi connectivity index (χ0v) is 42.9. The Morgan fingerprint density at radius 1 is 0.803 bits per heavy atom. The van der Waals surface area contributed by atoms with E-state index in [2.05, 4.69) is 48.1 Å². The van der Waals surface area contributed by atoms with Crippen LogP contribution in [-0.2, 0) is 25.5 Å². The zero-order chi connectivity index (χ0) is 47.1. The molecule has 5 heterocycles. The molecule has 0 N–H and O–H groups in total. The Morgan fingerprint density at radius 3 is 2.00 bits per heavy atom. The zero-order valence-electron chi connectivity index (χ0n) is 41.5. The second-order valence-corrected chi connectivity index (χ2v) is 19.8. The maximum Gasteiger partial charge on any atom is 2.00 e. The standard InChI is InChI=1S/C55H73N4O6.Mg/c1-12-38-35(8)42-27-43-36(9)40(23-24-48(61)65-26-25-34(7)22-16-21-33(6)20-15-19-32(5)18-14-17-31(3)4)52(58-43)50-51(55(63)64-11)54(62)49-37(10)44(59-53(49)50)28-46-39(13-2)41(30-60)47(57-46)29-45(38)56-42;/h12,27-34,36,40,51H,1,13-26H2,2-11H3,(H-,58,59,60,62);/q-3;+2/p-1/b43-27-,47-29-;/t32-,33-,34?,36+,40+,51-;/m1./s1. The second kappa shape index (κ2) is 23.6. The fourth-order valence-corrected chi connectivity index (χ4v) is 10.3. The maximum atomic E-state index is 14.4. The fraction of sp³-hybridized carbons (Fsp3) is 0.564. The summed E-state index contributed by atoms with van der Waals surface area (Å²) in [5, 5.41) is 6.27. The largest absolute Gasteiger partial charge is 2.00 e. The summed E-state index contributed by atoms with van der Waals surface area (Å²) in [5.41, 5.74) is 7.73. The van der Waals surface area contributed by atoms with E-state index in [0.717, 1.165) is 53.6 Å². The number of fused-ring (bicyclic) bond motifs is 7. The molecular weight excluding hydrogens is 837 g/mol. The van der Waals surface area contributed by atoms with Gasteiger partial charge in [-0.05, 0) is 74.2 Å². The minimum Gasteiger partial charge on any atom is -0.664 e. The number of hydrogen-bond donors (Lipinski definition) is 0. The van der Waals surface area contributed by atoms with Gasteiger partial charge in [-0.15, -0.1) is 33.5 Å². The number of allylic oxidation sites excluding steroid dienone is 2. The van der Waals surface area contributed by atoms with E-state index in [-0.39, 0.29) is 47.3 Å². The van der Waals surface area contributed by atoms with Crippen LogP contribution in [0.4, 0.5) is 0 Å². The summed E-state index contributed by atoms with van der Waals surface area (Å²) in [6, 6.07) is 0. The van der Waals surface area contributed by atoms with Crippen molar-refractivity contribution in [2.75, 3.05) is 13.7 Å². The molecule has 3 aromatic rings. The summed E-state index contributed by atoms with van der Waals surface area (Å²) in [6.07, 6.45) is 21.5. The number of Topliss-reactive ketones (excluding diaryl/α,β-unsaturated/α-hetero) is 1. The number of nitrogens with zero attached hydrogens (tertiary/aromatic N) is 4. The van der Waals surface area contributed by atoms with Gasteiger partial charge in [0.05, 0.1) is 13.7 Å². The molecule has 0 saturated carbocycles. The van der Waals surface area contributed by atoms with Gasteiger partial charge in [-0.3, -0.25) is 19.2 Å². The van der Waals surface area contributed by atoms with Crippen molar-refractivity contribution in [3.8, 4) is 0 Å². The van der Waals surface area contributed by atoms with Gasteiger partial charge in [-0.2, -0.15) is 11.4 Å². The van der Waals surface area contributed by atoms with Crippen molar-refractivity contribution in [1.82, 2.24) is 15.0 Å². The Balaban J connectivity index is 0.00000817. The van der Waals surface area contributed by atoms with Gasteiger partial charge >= 0.3 is 35.0 Å². The van der Waals surface area contributed by atoms with Gasteiger partial charge in [0.2, 0.25) is 0 Å². The number of carbonyl (C=O) groups excluding carboxylic acids is 4. The Labute approximate surface area is 409 Å². The van der Waals surface area contributed by atoms with Crippen molar-refractivity contribution >= 4 is 76.9 Å². The summed E-state index contributed by atoms with van der Waals surface area (Å²) in [4.78, 5) is 68.9. The van der Waals surface area contributed by atoms with Crippen LogP contribution in [0.1, 0.15) is 191 Å². The molecule has 3 aliphatic rings. The van der Waals surface area contributed by atoms with E-state index in [1.54, 1.807) is 6.08 Å². The van der Waals surface area contributed by atoms with Crippen molar-refractivity contribution in [3.05, 3.63) is 90.1 Å². The van der Waals surface area contributed by atoms with Gasteiger partial charge in [0.1, 0.15) is 12.2 Å². The van der Waals surface area contributed by atoms with Gasteiger partial charge in [-0.1, -0.05) is 159 Å².